The summed E-state index contributed by atoms with van der Waals surface area (Å²) in [7, 11) is 0. The van der Waals surface area contributed by atoms with Gasteiger partial charge in [0.05, 0.1) is 0 Å². The third-order valence-corrected chi connectivity index (χ3v) is 2.92. The second-order valence-corrected chi connectivity index (χ2v) is 4.58. The zero-order chi connectivity index (χ0) is 13.5. The van der Waals surface area contributed by atoms with Crippen LogP contribution in [0.15, 0.2) is 34.7 Å². The Morgan fingerprint density at radius 3 is 2.58 bits per heavy atom. The van der Waals surface area contributed by atoms with Crippen molar-refractivity contribution in [1.29, 1.82) is 0 Å². The highest BCUT2D eigenvalue weighted by molar-refractivity contribution is 5.23. The second kappa shape index (κ2) is 7.04. The minimum atomic E-state index is -0.0146. The van der Waals surface area contributed by atoms with E-state index in [-0.39, 0.29) is 6.04 Å². The van der Waals surface area contributed by atoms with Crippen molar-refractivity contribution in [2.24, 2.45) is 0 Å². The molecule has 1 unspecified atom stereocenters. The molecule has 1 atom stereocenters. The summed E-state index contributed by atoms with van der Waals surface area (Å²) in [6, 6.07) is 10.2. The summed E-state index contributed by atoms with van der Waals surface area (Å²) in [5.74, 6) is 1.37. The van der Waals surface area contributed by atoms with Crippen molar-refractivity contribution >= 4 is 0 Å². The van der Waals surface area contributed by atoms with Crippen LogP contribution in [0.5, 0.6) is 0 Å². The Bertz CT molecular complexity index is 481. The Hall–Kier alpha value is -1.68. The highest BCUT2D eigenvalue weighted by Gasteiger charge is 2.19. The maximum atomic E-state index is 5.75. The van der Waals surface area contributed by atoms with Gasteiger partial charge in [-0.2, -0.15) is 0 Å². The van der Waals surface area contributed by atoms with E-state index in [0.29, 0.717) is 5.89 Å². The molecule has 2 aromatic rings. The zero-order valence-corrected chi connectivity index (χ0v) is 11.6. The van der Waals surface area contributed by atoms with E-state index >= 15 is 0 Å². The van der Waals surface area contributed by atoms with Crippen molar-refractivity contribution < 1.29 is 4.42 Å². The molecule has 0 aliphatic carbocycles. The van der Waals surface area contributed by atoms with Crippen LogP contribution in [0, 0.1) is 0 Å². The van der Waals surface area contributed by atoms with E-state index in [9.17, 15) is 0 Å². The Kier molecular flexibility index (Phi) is 5.10. The number of rotatable bonds is 7. The van der Waals surface area contributed by atoms with Gasteiger partial charge in [0, 0.05) is 6.42 Å². The molecule has 0 amide bonds. The molecule has 0 saturated heterocycles. The zero-order valence-electron chi connectivity index (χ0n) is 11.6. The molecule has 0 radical (unpaired) electrons. The van der Waals surface area contributed by atoms with Gasteiger partial charge >= 0.3 is 0 Å². The van der Waals surface area contributed by atoms with Gasteiger partial charge in [-0.15, -0.1) is 10.2 Å². The lowest BCUT2D eigenvalue weighted by Gasteiger charge is -2.14. The molecule has 1 aromatic heterocycles. The first-order valence-electron chi connectivity index (χ1n) is 6.95. The number of aryl methyl sites for hydroxylation is 1. The fraction of sp³-hybridized carbons (Fsp3) is 0.467. The van der Waals surface area contributed by atoms with E-state index in [2.05, 4.69) is 41.5 Å². The highest BCUT2D eigenvalue weighted by atomic mass is 16.4. The van der Waals surface area contributed by atoms with E-state index in [1.54, 1.807) is 0 Å². The summed E-state index contributed by atoms with van der Waals surface area (Å²) >= 11 is 0. The average molecular weight is 259 g/mol. The number of benzene rings is 1. The van der Waals surface area contributed by atoms with Crippen LogP contribution >= 0.6 is 0 Å². The standard InChI is InChI=1S/C15H21N3O/c1-3-8-13-17-18-15(19-13)14(16-11-4-2)12-9-6-5-7-10-12/h5-7,9-10,14,16H,3-4,8,11H2,1-2H3. The number of nitrogens with one attached hydrogen (secondary N) is 1. The third-order valence-electron chi connectivity index (χ3n) is 2.92. The predicted molar refractivity (Wildman–Crippen MR) is 74.9 cm³/mol. The van der Waals surface area contributed by atoms with Crippen LogP contribution in [0.25, 0.3) is 0 Å². The second-order valence-electron chi connectivity index (χ2n) is 4.58. The van der Waals surface area contributed by atoms with Crippen LogP contribution in [0.1, 0.15) is 50.1 Å². The van der Waals surface area contributed by atoms with Gasteiger partial charge in [-0.1, -0.05) is 44.2 Å². The van der Waals surface area contributed by atoms with Crippen LogP contribution in [0.4, 0.5) is 0 Å². The predicted octanol–water partition coefficient (Wildman–Crippen LogP) is 3.11. The van der Waals surface area contributed by atoms with E-state index in [0.717, 1.165) is 37.3 Å². The SMILES string of the molecule is CCCNC(c1ccccc1)c1nnc(CCC)o1. The van der Waals surface area contributed by atoms with Crippen molar-refractivity contribution in [3.05, 3.63) is 47.7 Å². The molecule has 0 spiro atoms. The van der Waals surface area contributed by atoms with E-state index < -0.39 is 0 Å². The number of aromatic nitrogens is 2. The lowest BCUT2D eigenvalue weighted by atomic mass is 10.1. The van der Waals surface area contributed by atoms with E-state index in [1.807, 2.05) is 18.2 Å². The van der Waals surface area contributed by atoms with Gasteiger partial charge in [0.25, 0.3) is 0 Å². The molecule has 2 rings (SSSR count). The van der Waals surface area contributed by atoms with Crippen molar-refractivity contribution in [1.82, 2.24) is 15.5 Å². The lowest BCUT2D eigenvalue weighted by molar-refractivity contribution is 0.404. The molecule has 1 heterocycles. The molecule has 0 saturated carbocycles. The normalized spacial score (nSPS) is 12.5. The molecular weight excluding hydrogens is 238 g/mol. The van der Waals surface area contributed by atoms with Gasteiger partial charge in [0.1, 0.15) is 6.04 Å². The molecule has 102 valence electrons. The molecule has 4 nitrogen and oxygen atoms in total. The van der Waals surface area contributed by atoms with Crippen molar-refractivity contribution in [2.75, 3.05) is 6.54 Å². The highest BCUT2D eigenvalue weighted by Crippen LogP contribution is 2.21. The summed E-state index contributed by atoms with van der Waals surface area (Å²) in [5.41, 5.74) is 1.16. The molecular formula is C15H21N3O. The molecule has 1 N–H and O–H groups in total. The summed E-state index contributed by atoms with van der Waals surface area (Å²) in [5, 5.41) is 11.8. The summed E-state index contributed by atoms with van der Waals surface area (Å²) in [6.45, 7) is 5.17. The number of hydrogen-bond donors (Lipinski definition) is 1. The Morgan fingerprint density at radius 1 is 1.11 bits per heavy atom. The molecule has 0 aliphatic rings. The summed E-state index contributed by atoms with van der Waals surface area (Å²) in [6.07, 6.45) is 2.92. The first-order chi connectivity index (χ1) is 9.35. The van der Waals surface area contributed by atoms with Crippen molar-refractivity contribution in [3.63, 3.8) is 0 Å². The fourth-order valence-electron chi connectivity index (χ4n) is 1.98. The molecule has 4 heteroatoms. The van der Waals surface area contributed by atoms with E-state index in [1.165, 1.54) is 0 Å². The monoisotopic (exact) mass is 259 g/mol. The summed E-state index contributed by atoms with van der Waals surface area (Å²) in [4.78, 5) is 0. The Morgan fingerprint density at radius 2 is 1.89 bits per heavy atom. The molecule has 0 fully saturated rings. The van der Waals surface area contributed by atoms with Crippen molar-refractivity contribution in [3.8, 4) is 0 Å². The topological polar surface area (TPSA) is 51.0 Å². The maximum absolute atomic E-state index is 5.75. The van der Waals surface area contributed by atoms with Crippen LogP contribution in [0.3, 0.4) is 0 Å². The smallest absolute Gasteiger partial charge is 0.237 e. The third kappa shape index (κ3) is 3.64. The van der Waals surface area contributed by atoms with Gasteiger partial charge in [-0.25, -0.2) is 0 Å². The largest absolute Gasteiger partial charge is 0.423 e. The molecule has 0 bridgehead atoms. The first-order valence-corrected chi connectivity index (χ1v) is 6.95. The molecule has 1 aromatic carbocycles. The van der Waals surface area contributed by atoms with Gasteiger partial charge in [-0.3, -0.25) is 0 Å². The van der Waals surface area contributed by atoms with Crippen LogP contribution in [-0.4, -0.2) is 16.7 Å². The minimum Gasteiger partial charge on any atom is -0.423 e. The minimum absolute atomic E-state index is 0.0146. The molecule has 19 heavy (non-hydrogen) atoms. The van der Waals surface area contributed by atoms with Gasteiger partial charge in [0.15, 0.2) is 0 Å². The summed E-state index contributed by atoms with van der Waals surface area (Å²) < 4.78 is 5.75. The van der Waals surface area contributed by atoms with Gasteiger partial charge < -0.3 is 9.73 Å². The number of nitrogens with zero attached hydrogens (tertiary/aromatic N) is 2. The lowest BCUT2D eigenvalue weighted by Crippen LogP contribution is -2.23. The first kappa shape index (κ1) is 13.7. The van der Waals surface area contributed by atoms with Crippen LogP contribution in [0.2, 0.25) is 0 Å². The quantitative estimate of drug-likeness (QED) is 0.830. The molecule has 0 aliphatic heterocycles. The Balaban J connectivity index is 2.21. The average Bonchev–Trinajstić information content (AvgIpc) is 2.89. The Labute approximate surface area is 114 Å². The van der Waals surface area contributed by atoms with Gasteiger partial charge in [0.2, 0.25) is 11.8 Å². The fourth-order valence-corrected chi connectivity index (χ4v) is 1.98. The van der Waals surface area contributed by atoms with Gasteiger partial charge in [-0.05, 0) is 24.9 Å². The van der Waals surface area contributed by atoms with Crippen LogP contribution < -0.4 is 5.32 Å². The van der Waals surface area contributed by atoms with E-state index in [4.69, 9.17) is 4.42 Å². The van der Waals surface area contributed by atoms with Crippen LogP contribution in [-0.2, 0) is 6.42 Å². The van der Waals surface area contributed by atoms with Crippen molar-refractivity contribution in [2.45, 2.75) is 39.2 Å². The number of hydrogen-bond acceptors (Lipinski definition) is 4. The maximum Gasteiger partial charge on any atom is 0.237 e.